The first-order chi connectivity index (χ1) is 10.1. The second-order valence-electron chi connectivity index (χ2n) is 4.87. The second kappa shape index (κ2) is 7.33. The van der Waals surface area contributed by atoms with Crippen molar-refractivity contribution in [2.24, 2.45) is 0 Å². The van der Waals surface area contributed by atoms with Crippen molar-refractivity contribution in [1.82, 2.24) is 5.32 Å². The lowest BCUT2D eigenvalue weighted by atomic mass is 10.1. The van der Waals surface area contributed by atoms with Crippen LogP contribution in [0.5, 0.6) is 0 Å². The number of ether oxygens (including phenoxy) is 1. The third kappa shape index (κ3) is 4.65. The fraction of sp³-hybridized carbons (Fsp3) is 0.400. The molecule has 1 N–H and O–H groups in total. The highest BCUT2D eigenvalue weighted by molar-refractivity contribution is 6.30. The van der Waals surface area contributed by atoms with Gasteiger partial charge in [-0.05, 0) is 43.7 Å². The Balaban J connectivity index is 1.76. The number of benzene rings is 1. The van der Waals surface area contributed by atoms with Gasteiger partial charge in [0.25, 0.3) is 0 Å². The van der Waals surface area contributed by atoms with Crippen molar-refractivity contribution in [3.05, 3.63) is 34.9 Å². The summed E-state index contributed by atoms with van der Waals surface area (Å²) in [5, 5.41) is 3.49. The zero-order chi connectivity index (χ0) is 15.2. The summed E-state index contributed by atoms with van der Waals surface area (Å²) in [4.78, 5) is 35.0. The molecular formula is C15H16ClNO4. The van der Waals surface area contributed by atoms with Crippen molar-refractivity contribution < 1.29 is 19.1 Å². The number of ketones is 1. The van der Waals surface area contributed by atoms with E-state index in [1.54, 1.807) is 24.3 Å². The van der Waals surface area contributed by atoms with E-state index in [-0.39, 0.29) is 18.6 Å². The van der Waals surface area contributed by atoms with E-state index in [1.165, 1.54) is 0 Å². The molecule has 0 radical (unpaired) electrons. The van der Waals surface area contributed by atoms with Gasteiger partial charge in [0.05, 0.1) is 6.42 Å². The number of hydrogen-bond acceptors (Lipinski definition) is 5. The first-order valence-electron chi connectivity index (χ1n) is 6.83. The van der Waals surface area contributed by atoms with Gasteiger partial charge in [-0.3, -0.25) is 9.59 Å². The molecule has 2 rings (SSSR count). The Morgan fingerprint density at radius 1 is 1.19 bits per heavy atom. The Morgan fingerprint density at radius 2 is 1.90 bits per heavy atom. The number of nitrogens with one attached hydrogen (secondary N) is 1. The molecular weight excluding hydrogens is 294 g/mol. The summed E-state index contributed by atoms with van der Waals surface area (Å²) < 4.78 is 4.73. The van der Waals surface area contributed by atoms with Crippen molar-refractivity contribution in [2.45, 2.75) is 31.7 Å². The van der Waals surface area contributed by atoms with Crippen molar-refractivity contribution in [3.8, 4) is 0 Å². The Kier molecular flexibility index (Phi) is 5.47. The highest BCUT2D eigenvalue weighted by Gasteiger charge is 2.25. The summed E-state index contributed by atoms with van der Waals surface area (Å²) in [5.74, 6) is -1.41. The molecule has 1 aliphatic heterocycles. The van der Waals surface area contributed by atoms with Crippen molar-refractivity contribution >= 4 is 29.3 Å². The highest BCUT2D eigenvalue weighted by Crippen LogP contribution is 2.12. The molecule has 1 aliphatic rings. The Labute approximate surface area is 127 Å². The van der Waals surface area contributed by atoms with E-state index in [4.69, 9.17) is 16.3 Å². The van der Waals surface area contributed by atoms with E-state index >= 15 is 0 Å². The average Bonchev–Trinajstić information content (AvgIpc) is 3.00. The van der Waals surface area contributed by atoms with Gasteiger partial charge in [-0.2, -0.15) is 0 Å². The molecule has 1 atom stereocenters. The van der Waals surface area contributed by atoms with Crippen LogP contribution >= 0.6 is 11.6 Å². The average molecular weight is 310 g/mol. The smallest absolute Gasteiger partial charge is 0.330 e. The molecule has 6 heteroatoms. The van der Waals surface area contributed by atoms with Crippen LogP contribution in [0.4, 0.5) is 0 Å². The molecule has 1 aromatic rings. The van der Waals surface area contributed by atoms with Gasteiger partial charge in [-0.15, -0.1) is 0 Å². The van der Waals surface area contributed by atoms with Crippen LogP contribution in [0.25, 0.3) is 0 Å². The normalized spacial score (nSPS) is 17.5. The fourth-order valence-corrected chi connectivity index (χ4v) is 2.24. The van der Waals surface area contributed by atoms with Gasteiger partial charge in [-0.25, -0.2) is 4.79 Å². The monoisotopic (exact) mass is 309 g/mol. The molecule has 21 heavy (non-hydrogen) atoms. The van der Waals surface area contributed by atoms with Crippen LogP contribution in [0.15, 0.2) is 24.3 Å². The van der Waals surface area contributed by atoms with Crippen molar-refractivity contribution in [2.75, 3.05) is 6.54 Å². The number of hydrogen-bond donors (Lipinski definition) is 1. The van der Waals surface area contributed by atoms with Crippen LogP contribution in [-0.4, -0.2) is 30.3 Å². The summed E-state index contributed by atoms with van der Waals surface area (Å²) in [6.07, 6.45) is 1.46. The molecule has 0 aliphatic carbocycles. The summed E-state index contributed by atoms with van der Waals surface area (Å²) >= 11 is 5.73. The predicted octanol–water partition coefficient (Wildman–Crippen LogP) is 2.12. The molecule has 5 nitrogen and oxygen atoms in total. The number of halogens is 1. The Morgan fingerprint density at radius 3 is 2.52 bits per heavy atom. The van der Waals surface area contributed by atoms with Crippen LogP contribution in [0, 0.1) is 0 Å². The van der Waals surface area contributed by atoms with Gasteiger partial charge >= 0.3 is 11.9 Å². The first-order valence-corrected chi connectivity index (χ1v) is 7.21. The van der Waals surface area contributed by atoms with Gasteiger partial charge in [0, 0.05) is 17.0 Å². The number of Topliss-reactive ketones (excluding diaryl/α,β-unsaturated/α-hetero) is 1. The molecule has 0 bridgehead atoms. The van der Waals surface area contributed by atoms with Gasteiger partial charge < -0.3 is 10.1 Å². The highest BCUT2D eigenvalue weighted by atomic mass is 35.5. The van der Waals surface area contributed by atoms with Crippen molar-refractivity contribution in [1.29, 1.82) is 0 Å². The van der Waals surface area contributed by atoms with Gasteiger partial charge in [0.2, 0.25) is 0 Å². The number of carbonyl (C=O) groups is 3. The van der Waals surface area contributed by atoms with Gasteiger partial charge in [-0.1, -0.05) is 11.6 Å². The maximum absolute atomic E-state index is 11.9. The van der Waals surface area contributed by atoms with E-state index in [1.807, 2.05) is 0 Å². The third-order valence-electron chi connectivity index (χ3n) is 3.28. The Bertz CT molecular complexity index is 535. The zero-order valence-electron chi connectivity index (χ0n) is 11.4. The second-order valence-corrected chi connectivity index (χ2v) is 5.31. The molecule has 1 aromatic carbocycles. The van der Waals surface area contributed by atoms with E-state index < -0.39 is 18.0 Å². The molecule has 1 fully saturated rings. The SMILES string of the molecule is O=C(CCC(=O)c1ccc(Cl)cc1)OC(=O)[C@@H]1CCCN1. The molecule has 0 spiro atoms. The minimum absolute atomic E-state index is 0.00579. The van der Waals surface area contributed by atoms with E-state index in [9.17, 15) is 14.4 Å². The molecule has 1 heterocycles. The number of rotatable bonds is 5. The predicted molar refractivity (Wildman–Crippen MR) is 77.1 cm³/mol. The molecule has 0 aromatic heterocycles. The number of esters is 2. The standard InChI is InChI=1S/C15H16ClNO4/c16-11-5-3-10(4-6-11)13(18)7-8-14(19)21-15(20)12-2-1-9-17-12/h3-6,12,17H,1-2,7-9H2/t12-/m0/s1. The summed E-state index contributed by atoms with van der Waals surface area (Å²) in [6.45, 7) is 0.753. The van der Waals surface area contributed by atoms with E-state index in [0.29, 0.717) is 17.0 Å². The molecule has 0 amide bonds. The zero-order valence-corrected chi connectivity index (χ0v) is 12.2. The quantitative estimate of drug-likeness (QED) is 0.512. The topological polar surface area (TPSA) is 72.5 Å². The van der Waals surface area contributed by atoms with Crippen LogP contribution in [-0.2, 0) is 14.3 Å². The van der Waals surface area contributed by atoms with Gasteiger partial charge in [0.15, 0.2) is 5.78 Å². The lowest BCUT2D eigenvalue weighted by molar-refractivity contribution is -0.160. The van der Waals surface area contributed by atoms with Gasteiger partial charge in [0.1, 0.15) is 6.04 Å². The minimum Gasteiger partial charge on any atom is -0.392 e. The van der Waals surface area contributed by atoms with E-state index in [2.05, 4.69) is 5.32 Å². The maximum Gasteiger partial charge on any atom is 0.330 e. The number of carbonyl (C=O) groups excluding carboxylic acids is 3. The largest absolute Gasteiger partial charge is 0.392 e. The lowest BCUT2D eigenvalue weighted by Gasteiger charge is -2.08. The molecule has 0 unspecified atom stereocenters. The van der Waals surface area contributed by atoms with E-state index in [0.717, 1.165) is 13.0 Å². The molecule has 1 saturated heterocycles. The van der Waals surface area contributed by atoms with Crippen molar-refractivity contribution in [3.63, 3.8) is 0 Å². The minimum atomic E-state index is -0.670. The Hall–Kier alpha value is -1.72. The first kappa shape index (κ1) is 15.7. The summed E-state index contributed by atoms with van der Waals surface area (Å²) in [7, 11) is 0. The van der Waals surface area contributed by atoms with Crippen LogP contribution in [0.3, 0.4) is 0 Å². The lowest BCUT2D eigenvalue weighted by Crippen LogP contribution is -2.33. The fourth-order valence-electron chi connectivity index (χ4n) is 2.12. The summed E-state index contributed by atoms with van der Waals surface area (Å²) in [5.41, 5.74) is 0.482. The van der Waals surface area contributed by atoms with Crippen LogP contribution in [0.1, 0.15) is 36.0 Å². The van der Waals surface area contributed by atoms with Crippen LogP contribution in [0.2, 0.25) is 5.02 Å². The maximum atomic E-state index is 11.9. The summed E-state index contributed by atoms with van der Waals surface area (Å²) in [6, 6.07) is 6.03. The van der Waals surface area contributed by atoms with Crippen LogP contribution < -0.4 is 5.32 Å². The molecule has 112 valence electrons. The third-order valence-corrected chi connectivity index (χ3v) is 3.53. The molecule has 0 saturated carbocycles.